The Morgan fingerprint density at radius 2 is 0.947 bits per heavy atom. The summed E-state index contributed by atoms with van der Waals surface area (Å²) in [6, 6.07) is 0. The van der Waals surface area contributed by atoms with E-state index < -0.39 is 9.05 Å². The third-order valence-electron chi connectivity index (χ3n) is 2.02. The third-order valence-corrected chi connectivity index (χ3v) is 4.34. The lowest BCUT2D eigenvalue weighted by Gasteiger charge is -2.27. The van der Waals surface area contributed by atoms with Crippen LogP contribution in [-0.4, -0.2) is 76.6 Å². The molecule has 0 amide bonds. The van der Waals surface area contributed by atoms with Gasteiger partial charge in [-0.3, -0.25) is 0 Å². The quantitative estimate of drug-likeness (QED) is 0.341. The molecule has 0 atom stereocenters. The second kappa shape index (κ2) is 12.9. The number of hydrogen-bond donors (Lipinski definition) is 0. The number of ether oxygens (including phenoxy) is 3. The standard InChI is InChI=1S/C11H26O7Si/c1-5-15-19(16-9-6-12-2,17-10-7-13-3)18-11-8-14-4/h5-11H2,1-4H3. The Balaban J connectivity index is 4.37. The minimum Gasteiger partial charge on any atom is -0.382 e. The van der Waals surface area contributed by atoms with Gasteiger partial charge in [0.25, 0.3) is 0 Å². The van der Waals surface area contributed by atoms with Crippen molar-refractivity contribution in [1.29, 1.82) is 0 Å². The zero-order valence-corrected chi connectivity index (χ0v) is 13.3. The van der Waals surface area contributed by atoms with Gasteiger partial charge in [-0.1, -0.05) is 0 Å². The van der Waals surface area contributed by atoms with E-state index in [4.69, 9.17) is 31.9 Å². The van der Waals surface area contributed by atoms with Crippen molar-refractivity contribution in [3.8, 4) is 0 Å². The van der Waals surface area contributed by atoms with E-state index in [1.54, 1.807) is 21.3 Å². The van der Waals surface area contributed by atoms with Crippen molar-refractivity contribution < 1.29 is 31.9 Å². The highest BCUT2D eigenvalue weighted by atomic mass is 28.4. The molecule has 8 heteroatoms. The molecule has 0 aliphatic heterocycles. The van der Waals surface area contributed by atoms with E-state index in [2.05, 4.69) is 0 Å². The van der Waals surface area contributed by atoms with Gasteiger partial charge in [0.1, 0.15) is 0 Å². The molecule has 0 aromatic carbocycles. The average Bonchev–Trinajstić information content (AvgIpc) is 2.40. The van der Waals surface area contributed by atoms with E-state index in [1.807, 2.05) is 6.92 Å². The minimum absolute atomic E-state index is 0.350. The highest BCUT2D eigenvalue weighted by Crippen LogP contribution is 2.12. The molecule has 0 heterocycles. The molecule has 0 radical (unpaired) electrons. The summed E-state index contributed by atoms with van der Waals surface area (Å²) in [5.74, 6) is 0. The first-order chi connectivity index (χ1) is 9.24. The predicted octanol–water partition coefficient (Wildman–Crippen LogP) is 0.448. The normalized spacial score (nSPS) is 12.0. The highest BCUT2D eigenvalue weighted by molar-refractivity contribution is 6.53. The van der Waals surface area contributed by atoms with Crippen LogP contribution < -0.4 is 0 Å². The van der Waals surface area contributed by atoms with Crippen LogP contribution in [0.4, 0.5) is 0 Å². The van der Waals surface area contributed by atoms with Crippen LogP contribution in [0.5, 0.6) is 0 Å². The van der Waals surface area contributed by atoms with Crippen LogP contribution in [0.2, 0.25) is 0 Å². The van der Waals surface area contributed by atoms with Gasteiger partial charge in [-0.25, -0.2) is 0 Å². The Hall–Kier alpha value is -0.0631. The molecule has 116 valence electrons. The first-order valence-corrected chi connectivity index (χ1v) is 7.90. The molecule has 0 aliphatic rings. The smallest absolute Gasteiger partial charge is 0.382 e. The summed E-state index contributed by atoms with van der Waals surface area (Å²) in [6.07, 6.45) is 0. The molecule has 0 rings (SSSR count). The van der Waals surface area contributed by atoms with Gasteiger partial charge in [-0.15, -0.1) is 0 Å². The van der Waals surface area contributed by atoms with Crippen LogP contribution in [0.1, 0.15) is 6.92 Å². The zero-order valence-electron chi connectivity index (χ0n) is 12.3. The number of methoxy groups -OCH3 is 3. The van der Waals surface area contributed by atoms with Crippen LogP contribution >= 0.6 is 0 Å². The van der Waals surface area contributed by atoms with Gasteiger partial charge < -0.3 is 31.9 Å². The minimum atomic E-state index is -3.15. The van der Waals surface area contributed by atoms with E-state index in [-0.39, 0.29) is 0 Å². The lowest BCUT2D eigenvalue weighted by atomic mass is 10.8. The van der Waals surface area contributed by atoms with E-state index in [1.165, 1.54) is 0 Å². The van der Waals surface area contributed by atoms with Crippen LogP contribution in [0.15, 0.2) is 0 Å². The summed E-state index contributed by atoms with van der Waals surface area (Å²) in [5.41, 5.74) is 0. The molecule has 0 saturated heterocycles. The summed E-state index contributed by atoms with van der Waals surface area (Å²) in [5, 5.41) is 0. The lowest BCUT2D eigenvalue weighted by Crippen LogP contribution is -2.51. The monoisotopic (exact) mass is 298 g/mol. The van der Waals surface area contributed by atoms with Crippen molar-refractivity contribution in [2.45, 2.75) is 6.92 Å². The van der Waals surface area contributed by atoms with Crippen molar-refractivity contribution in [2.75, 3.05) is 67.6 Å². The van der Waals surface area contributed by atoms with Crippen molar-refractivity contribution in [3.05, 3.63) is 0 Å². The molecular formula is C11H26O7Si. The average molecular weight is 298 g/mol. The Bertz CT molecular complexity index is 167. The van der Waals surface area contributed by atoms with Gasteiger partial charge in [-0.05, 0) is 6.92 Å². The molecule has 0 fully saturated rings. The van der Waals surface area contributed by atoms with Crippen LogP contribution in [0, 0.1) is 0 Å². The molecule has 0 N–H and O–H groups in total. The maximum Gasteiger partial charge on any atom is 0.679 e. The van der Waals surface area contributed by atoms with Crippen molar-refractivity contribution >= 4 is 9.05 Å². The summed E-state index contributed by atoms with van der Waals surface area (Å²) >= 11 is 0. The maximum atomic E-state index is 5.64. The van der Waals surface area contributed by atoms with Crippen molar-refractivity contribution in [2.24, 2.45) is 0 Å². The fourth-order valence-corrected chi connectivity index (χ4v) is 3.03. The first kappa shape index (κ1) is 18.9. The van der Waals surface area contributed by atoms with Gasteiger partial charge in [0.15, 0.2) is 0 Å². The van der Waals surface area contributed by atoms with Gasteiger partial charge in [-0.2, -0.15) is 0 Å². The van der Waals surface area contributed by atoms with Gasteiger partial charge in [0, 0.05) is 27.9 Å². The summed E-state index contributed by atoms with van der Waals surface area (Å²) in [4.78, 5) is 0. The summed E-state index contributed by atoms with van der Waals surface area (Å²) < 4.78 is 37.3. The molecule has 0 aliphatic carbocycles. The molecule has 0 bridgehead atoms. The molecule has 0 spiro atoms. The Labute approximate surface area is 116 Å². The maximum absolute atomic E-state index is 5.64. The van der Waals surface area contributed by atoms with Gasteiger partial charge >= 0.3 is 9.05 Å². The van der Waals surface area contributed by atoms with Crippen molar-refractivity contribution in [3.63, 3.8) is 0 Å². The Morgan fingerprint density at radius 3 is 1.21 bits per heavy atom. The first-order valence-electron chi connectivity index (χ1n) is 6.27. The molecule has 0 saturated carbocycles. The van der Waals surface area contributed by atoms with Gasteiger partial charge in [0.2, 0.25) is 0 Å². The Kier molecular flexibility index (Phi) is 12.9. The lowest BCUT2D eigenvalue weighted by molar-refractivity contribution is -0.0541. The molecule has 7 nitrogen and oxygen atoms in total. The highest BCUT2D eigenvalue weighted by Gasteiger charge is 2.45. The summed E-state index contributed by atoms with van der Waals surface area (Å²) in [7, 11) is 1.66. The fourth-order valence-electron chi connectivity index (χ4n) is 1.18. The van der Waals surface area contributed by atoms with Crippen molar-refractivity contribution in [1.82, 2.24) is 0 Å². The van der Waals surface area contributed by atoms with Crippen LogP contribution in [0.25, 0.3) is 0 Å². The van der Waals surface area contributed by atoms with E-state index in [9.17, 15) is 0 Å². The number of rotatable bonds is 14. The SMILES string of the molecule is CCO[Si](OCCOC)(OCCOC)OCCOC. The third kappa shape index (κ3) is 9.47. The Morgan fingerprint density at radius 1 is 0.579 bits per heavy atom. The predicted molar refractivity (Wildman–Crippen MR) is 70.9 cm³/mol. The van der Waals surface area contributed by atoms with Crippen LogP contribution in [-0.2, 0) is 31.9 Å². The topological polar surface area (TPSA) is 64.6 Å². The van der Waals surface area contributed by atoms with E-state index >= 15 is 0 Å². The fraction of sp³-hybridized carbons (Fsp3) is 1.00. The van der Waals surface area contributed by atoms with Gasteiger partial charge in [0.05, 0.1) is 39.6 Å². The summed E-state index contributed by atoms with van der Waals surface area (Å²) in [6.45, 7) is 4.70. The zero-order chi connectivity index (χ0) is 14.4. The molecule has 0 aromatic heterocycles. The van der Waals surface area contributed by atoms with E-state index in [0.29, 0.717) is 46.2 Å². The van der Waals surface area contributed by atoms with Crippen LogP contribution in [0.3, 0.4) is 0 Å². The number of hydrogen-bond acceptors (Lipinski definition) is 7. The molecule has 0 aromatic rings. The second-order valence-corrected chi connectivity index (χ2v) is 5.61. The molecular weight excluding hydrogens is 272 g/mol. The largest absolute Gasteiger partial charge is 0.679 e. The molecule has 0 unspecified atom stereocenters. The second-order valence-electron chi connectivity index (χ2n) is 3.46. The van der Waals surface area contributed by atoms with E-state index in [0.717, 1.165) is 0 Å². The molecule has 19 heavy (non-hydrogen) atoms.